The quantitative estimate of drug-likeness (QED) is 0.113. The molecule has 0 heterocycles. The molecular formula is C68H56N2. The van der Waals surface area contributed by atoms with Crippen molar-refractivity contribution < 1.29 is 0 Å². The summed E-state index contributed by atoms with van der Waals surface area (Å²) in [5, 5.41) is 4.80. The highest BCUT2D eigenvalue weighted by molar-refractivity contribution is 6.22. The van der Waals surface area contributed by atoms with E-state index in [1.54, 1.807) is 0 Å². The van der Waals surface area contributed by atoms with Gasteiger partial charge in [0.2, 0.25) is 0 Å². The second kappa shape index (κ2) is 19.3. The topological polar surface area (TPSA) is 6.48 Å². The van der Waals surface area contributed by atoms with Crippen molar-refractivity contribution in [1.29, 1.82) is 0 Å². The predicted molar refractivity (Wildman–Crippen MR) is 301 cm³/mol. The monoisotopic (exact) mass is 900 g/mol. The molecule has 0 aliphatic heterocycles. The summed E-state index contributed by atoms with van der Waals surface area (Å²) in [5.41, 5.74) is 18.9. The molecule has 0 saturated heterocycles. The number of hydrogen-bond donors (Lipinski definition) is 0. The van der Waals surface area contributed by atoms with E-state index in [2.05, 4.69) is 292 Å². The van der Waals surface area contributed by atoms with Crippen LogP contribution in [0.2, 0.25) is 0 Å². The molecule has 0 bridgehead atoms. The van der Waals surface area contributed by atoms with E-state index < -0.39 is 0 Å². The van der Waals surface area contributed by atoms with E-state index in [4.69, 9.17) is 0 Å². The second-order valence-corrected chi connectivity index (χ2v) is 18.9. The molecule has 2 heteroatoms. The first-order valence-electron chi connectivity index (χ1n) is 24.6. The molecule has 70 heavy (non-hydrogen) atoms. The fourth-order valence-electron chi connectivity index (χ4n) is 10.1. The molecule has 0 aliphatic carbocycles. The minimum absolute atomic E-state index is 0.435. The van der Waals surface area contributed by atoms with Gasteiger partial charge in [-0.25, -0.2) is 0 Å². The first-order valence-corrected chi connectivity index (χ1v) is 24.6. The Balaban J connectivity index is 1.14. The molecule has 0 atom stereocenters. The van der Waals surface area contributed by atoms with Gasteiger partial charge in [-0.05, 0) is 162 Å². The van der Waals surface area contributed by atoms with Crippen molar-refractivity contribution in [1.82, 2.24) is 0 Å². The minimum Gasteiger partial charge on any atom is -0.310 e. The van der Waals surface area contributed by atoms with Gasteiger partial charge in [0.25, 0.3) is 0 Å². The molecule has 0 aliphatic rings. The Kier molecular flexibility index (Phi) is 12.1. The molecule has 11 aromatic rings. The van der Waals surface area contributed by atoms with Gasteiger partial charge in [-0.3, -0.25) is 0 Å². The van der Waals surface area contributed by atoms with E-state index in [1.165, 1.54) is 77.2 Å². The van der Waals surface area contributed by atoms with E-state index in [-0.39, 0.29) is 0 Å². The second-order valence-electron chi connectivity index (χ2n) is 18.9. The molecule has 0 amide bonds. The molecular weight excluding hydrogens is 845 g/mol. The van der Waals surface area contributed by atoms with Gasteiger partial charge >= 0.3 is 0 Å². The summed E-state index contributed by atoms with van der Waals surface area (Å²) in [5.74, 6) is 0.870. The maximum Gasteiger partial charge on any atom is 0.0468 e. The van der Waals surface area contributed by atoms with Crippen LogP contribution in [0.1, 0.15) is 50.7 Å². The van der Waals surface area contributed by atoms with E-state index in [0.717, 1.165) is 34.1 Å². The number of anilines is 6. The molecule has 0 saturated carbocycles. The molecule has 0 unspecified atom stereocenters. The van der Waals surface area contributed by atoms with Gasteiger partial charge in [-0.1, -0.05) is 210 Å². The Bertz CT molecular complexity index is 3290. The van der Waals surface area contributed by atoms with Crippen molar-refractivity contribution in [3.8, 4) is 44.5 Å². The first-order chi connectivity index (χ1) is 34.4. The SMILES string of the molecule is CC(C)c1ccc(N(c2ccc(-c3ccccc3)cc2)c2ccc3c(-c4ccccc4)c4cc(N(c5ccc(-c6ccccc6)cc5)c5ccc(C(C)C)cc5)ccc4c(-c4ccccc4)c3c2)cc1. The normalized spacial score (nSPS) is 11.4. The van der Waals surface area contributed by atoms with Crippen LogP contribution >= 0.6 is 0 Å². The third-order valence-electron chi connectivity index (χ3n) is 13.8. The predicted octanol–water partition coefficient (Wildman–Crippen LogP) is 19.8. The molecule has 11 rings (SSSR count). The molecule has 338 valence electrons. The molecule has 0 N–H and O–H groups in total. The average molecular weight is 901 g/mol. The van der Waals surface area contributed by atoms with Gasteiger partial charge in [-0.2, -0.15) is 0 Å². The minimum atomic E-state index is 0.435. The lowest BCUT2D eigenvalue weighted by atomic mass is 9.85. The molecule has 11 aromatic carbocycles. The van der Waals surface area contributed by atoms with Crippen molar-refractivity contribution in [2.45, 2.75) is 39.5 Å². The number of fused-ring (bicyclic) bond motifs is 2. The van der Waals surface area contributed by atoms with Crippen LogP contribution in [0.15, 0.2) is 255 Å². The standard InChI is InChI=1S/C68H56N2/c1-47(2)49-25-33-57(34-26-49)69(59-37-29-53(30-38-59)51-17-9-5-10-18-51)61-41-43-63-65(45-61)67(55-21-13-7-14-22-55)64-44-42-62(46-66(64)68(63)56-23-15-8-16-24-56)70(58-35-27-50(28-36-58)48(3)4)60-39-31-54(32-40-60)52-19-11-6-12-20-52/h5-48H,1-4H3. The molecule has 2 nitrogen and oxygen atoms in total. The Morgan fingerprint density at radius 1 is 0.229 bits per heavy atom. The van der Waals surface area contributed by atoms with E-state index in [0.29, 0.717) is 11.8 Å². The van der Waals surface area contributed by atoms with Crippen LogP contribution in [-0.2, 0) is 0 Å². The van der Waals surface area contributed by atoms with E-state index in [1.807, 2.05) is 0 Å². The lowest BCUT2D eigenvalue weighted by molar-refractivity contribution is 0.866. The summed E-state index contributed by atoms with van der Waals surface area (Å²) in [6, 6.07) is 93.6. The highest BCUT2D eigenvalue weighted by Crippen LogP contribution is 2.48. The van der Waals surface area contributed by atoms with Crippen LogP contribution in [0.3, 0.4) is 0 Å². The van der Waals surface area contributed by atoms with Gasteiger partial charge in [0, 0.05) is 34.1 Å². The number of rotatable bonds is 12. The largest absolute Gasteiger partial charge is 0.310 e. The molecule has 0 spiro atoms. The van der Waals surface area contributed by atoms with E-state index in [9.17, 15) is 0 Å². The maximum atomic E-state index is 2.43. The molecule has 0 fully saturated rings. The number of benzene rings is 11. The van der Waals surface area contributed by atoms with Gasteiger partial charge in [-0.15, -0.1) is 0 Å². The van der Waals surface area contributed by atoms with Crippen LogP contribution in [-0.4, -0.2) is 0 Å². The maximum absolute atomic E-state index is 2.43. The van der Waals surface area contributed by atoms with Crippen LogP contribution in [0.4, 0.5) is 34.1 Å². The average Bonchev–Trinajstić information content (AvgIpc) is 3.42. The van der Waals surface area contributed by atoms with Crippen molar-refractivity contribution in [2.75, 3.05) is 9.80 Å². The van der Waals surface area contributed by atoms with Crippen LogP contribution in [0, 0.1) is 0 Å². The molecule has 0 aromatic heterocycles. The van der Waals surface area contributed by atoms with Crippen LogP contribution < -0.4 is 9.80 Å². The fourth-order valence-corrected chi connectivity index (χ4v) is 10.1. The highest BCUT2D eigenvalue weighted by atomic mass is 15.1. The van der Waals surface area contributed by atoms with Crippen LogP contribution in [0.5, 0.6) is 0 Å². The van der Waals surface area contributed by atoms with Gasteiger partial charge in [0.05, 0.1) is 0 Å². The summed E-state index contributed by atoms with van der Waals surface area (Å²) >= 11 is 0. The van der Waals surface area contributed by atoms with Gasteiger partial charge < -0.3 is 9.80 Å². The van der Waals surface area contributed by atoms with Crippen molar-refractivity contribution in [2.24, 2.45) is 0 Å². The third-order valence-corrected chi connectivity index (χ3v) is 13.8. The zero-order valence-corrected chi connectivity index (χ0v) is 40.3. The Hall–Kier alpha value is -8.46. The number of hydrogen-bond acceptors (Lipinski definition) is 2. The zero-order valence-electron chi connectivity index (χ0n) is 40.3. The van der Waals surface area contributed by atoms with Crippen molar-refractivity contribution >= 4 is 55.7 Å². The van der Waals surface area contributed by atoms with Crippen molar-refractivity contribution in [3.05, 3.63) is 266 Å². The number of nitrogens with zero attached hydrogens (tertiary/aromatic N) is 2. The summed E-state index contributed by atoms with van der Waals surface area (Å²) < 4.78 is 0. The lowest BCUT2D eigenvalue weighted by Crippen LogP contribution is -2.11. The first kappa shape index (κ1) is 44.1. The zero-order chi connectivity index (χ0) is 47.6. The van der Waals surface area contributed by atoms with Gasteiger partial charge in [0.1, 0.15) is 0 Å². The summed E-state index contributed by atoms with van der Waals surface area (Å²) in [4.78, 5) is 4.82. The van der Waals surface area contributed by atoms with E-state index >= 15 is 0 Å². The Morgan fingerprint density at radius 3 is 0.786 bits per heavy atom. The summed E-state index contributed by atoms with van der Waals surface area (Å²) in [6.45, 7) is 9.02. The fraction of sp³-hybridized carbons (Fsp3) is 0.0882. The van der Waals surface area contributed by atoms with Crippen LogP contribution in [0.25, 0.3) is 66.1 Å². The Morgan fingerprint density at radius 2 is 0.486 bits per heavy atom. The third kappa shape index (κ3) is 8.66. The van der Waals surface area contributed by atoms with Gasteiger partial charge in [0.15, 0.2) is 0 Å². The summed E-state index contributed by atoms with van der Waals surface area (Å²) in [7, 11) is 0. The highest BCUT2D eigenvalue weighted by Gasteiger charge is 2.23. The van der Waals surface area contributed by atoms with Crippen molar-refractivity contribution in [3.63, 3.8) is 0 Å². The lowest BCUT2D eigenvalue weighted by Gasteiger charge is -2.28. The smallest absolute Gasteiger partial charge is 0.0468 e. The Labute approximate surface area is 413 Å². The molecule has 0 radical (unpaired) electrons. The summed E-state index contributed by atoms with van der Waals surface area (Å²) in [6.07, 6.45) is 0.